The highest BCUT2D eigenvalue weighted by Gasteiger charge is 2.31. The third-order valence-corrected chi connectivity index (χ3v) is 3.57. The Morgan fingerprint density at radius 2 is 2.10 bits per heavy atom. The summed E-state index contributed by atoms with van der Waals surface area (Å²) >= 11 is 0. The molecular formula is C14H14N4O3. The number of aryl methyl sites for hydroxylation is 1. The van der Waals surface area contributed by atoms with Crippen molar-refractivity contribution in [2.45, 2.75) is 19.9 Å². The number of benzene rings is 1. The quantitative estimate of drug-likeness (QED) is 0.672. The van der Waals surface area contributed by atoms with Gasteiger partial charge in [0.15, 0.2) is 0 Å². The van der Waals surface area contributed by atoms with Gasteiger partial charge in [-0.2, -0.15) is 0 Å². The predicted octanol–water partition coefficient (Wildman–Crippen LogP) is 1.58. The number of urea groups is 1. The van der Waals surface area contributed by atoms with Crippen LogP contribution in [0.4, 0.5) is 4.79 Å². The van der Waals surface area contributed by atoms with Crippen molar-refractivity contribution in [1.82, 2.24) is 20.6 Å². The first-order valence-electron chi connectivity index (χ1n) is 6.42. The number of carbonyl (C=O) groups is 2. The summed E-state index contributed by atoms with van der Waals surface area (Å²) in [5.74, 6) is -1.06. The lowest BCUT2D eigenvalue weighted by atomic mass is 9.94. The zero-order valence-electron chi connectivity index (χ0n) is 11.5. The van der Waals surface area contributed by atoms with Gasteiger partial charge in [-0.25, -0.2) is 14.6 Å². The summed E-state index contributed by atoms with van der Waals surface area (Å²) in [6, 6.07) is 2.55. The second kappa shape index (κ2) is 4.62. The maximum absolute atomic E-state index is 11.7. The van der Waals surface area contributed by atoms with E-state index in [4.69, 9.17) is 0 Å². The highest BCUT2D eigenvalue weighted by atomic mass is 16.4. The smallest absolute Gasteiger partial charge is 0.335 e. The van der Waals surface area contributed by atoms with Crippen LogP contribution in [-0.4, -0.2) is 27.1 Å². The van der Waals surface area contributed by atoms with E-state index in [0.29, 0.717) is 11.3 Å². The molecule has 0 saturated carbocycles. The molecule has 2 aromatic rings. The molecule has 7 nitrogen and oxygen atoms in total. The summed E-state index contributed by atoms with van der Waals surface area (Å²) in [7, 11) is 0. The molecule has 1 unspecified atom stereocenters. The SMILES string of the molecule is CC1=C(C(=O)O)C(c2cc(C)c3nc[nH]c3c2)NC(=O)N1. The lowest BCUT2D eigenvalue weighted by Gasteiger charge is -2.27. The van der Waals surface area contributed by atoms with E-state index in [0.717, 1.165) is 16.6 Å². The molecule has 21 heavy (non-hydrogen) atoms. The van der Waals surface area contributed by atoms with Crippen LogP contribution in [0, 0.1) is 6.92 Å². The second-order valence-electron chi connectivity index (χ2n) is 5.01. The fourth-order valence-corrected chi connectivity index (χ4v) is 2.65. The van der Waals surface area contributed by atoms with Crippen LogP contribution in [0.3, 0.4) is 0 Å². The van der Waals surface area contributed by atoms with Gasteiger partial charge in [0.1, 0.15) is 0 Å². The highest BCUT2D eigenvalue weighted by Crippen LogP contribution is 2.29. The number of rotatable bonds is 2. The molecule has 0 saturated heterocycles. The normalized spacial score (nSPS) is 18.6. The fraction of sp³-hybridized carbons (Fsp3) is 0.214. The van der Waals surface area contributed by atoms with Crippen LogP contribution in [0.15, 0.2) is 29.7 Å². The van der Waals surface area contributed by atoms with Gasteiger partial charge in [0.25, 0.3) is 0 Å². The molecule has 3 rings (SSSR count). The minimum Gasteiger partial charge on any atom is -0.478 e. The van der Waals surface area contributed by atoms with Gasteiger partial charge < -0.3 is 20.7 Å². The molecule has 0 fully saturated rings. The molecule has 0 bridgehead atoms. The number of aliphatic carboxylic acids is 1. The number of nitrogens with zero attached hydrogens (tertiary/aromatic N) is 1. The summed E-state index contributed by atoms with van der Waals surface area (Å²) in [4.78, 5) is 30.3. The van der Waals surface area contributed by atoms with Crippen molar-refractivity contribution < 1.29 is 14.7 Å². The minimum absolute atomic E-state index is 0.132. The van der Waals surface area contributed by atoms with Crippen molar-refractivity contribution in [3.8, 4) is 0 Å². The maximum Gasteiger partial charge on any atom is 0.335 e. The van der Waals surface area contributed by atoms with Crippen LogP contribution in [0.25, 0.3) is 11.0 Å². The second-order valence-corrected chi connectivity index (χ2v) is 5.01. The van der Waals surface area contributed by atoms with E-state index < -0.39 is 18.0 Å². The van der Waals surface area contributed by atoms with Crippen LogP contribution in [-0.2, 0) is 4.79 Å². The van der Waals surface area contributed by atoms with E-state index in [9.17, 15) is 14.7 Å². The third-order valence-electron chi connectivity index (χ3n) is 3.57. The van der Waals surface area contributed by atoms with Gasteiger partial charge in [-0.3, -0.25) is 0 Å². The molecule has 1 aromatic carbocycles. The van der Waals surface area contributed by atoms with Crippen molar-refractivity contribution in [3.63, 3.8) is 0 Å². The Hall–Kier alpha value is -2.83. The molecule has 0 radical (unpaired) electrons. The number of carbonyl (C=O) groups excluding carboxylic acids is 1. The Bertz CT molecular complexity index is 791. The lowest BCUT2D eigenvalue weighted by Crippen LogP contribution is -2.45. The van der Waals surface area contributed by atoms with E-state index >= 15 is 0 Å². The zero-order chi connectivity index (χ0) is 15.1. The van der Waals surface area contributed by atoms with Crippen LogP contribution < -0.4 is 10.6 Å². The first-order valence-corrected chi connectivity index (χ1v) is 6.42. The van der Waals surface area contributed by atoms with Gasteiger partial charge in [0, 0.05) is 5.70 Å². The first kappa shape index (κ1) is 13.2. The van der Waals surface area contributed by atoms with Crippen molar-refractivity contribution in [1.29, 1.82) is 0 Å². The molecule has 1 atom stereocenters. The Morgan fingerprint density at radius 3 is 2.81 bits per heavy atom. The largest absolute Gasteiger partial charge is 0.478 e. The van der Waals surface area contributed by atoms with E-state index in [-0.39, 0.29) is 5.57 Å². The summed E-state index contributed by atoms with van der Waals surface area (Å²) in [6.45, 7) is 3.48. The van der Waals surface area contributed by atoms with Gasteiger partial charge in [-0.15, -0.1) is 0 Å². The maximum atomic E-state index is 11.7. The number of carboxylic acids is 1. The number of hydrogen-bond donors (Lipinski definition) is 4. The van der Waals surface area contributed by atoms with Gasteiger partial charge >= 0.3 is 12.0 Å². The van der Waals surface area contributed by atoms with Crippen LogP contribution in [0.2, 0.25) is 0 Å². The number of fused-ring (bicyclic) bond motifs is 1. The van der Waals surface area contributed by atoms with Crippen molar-refractivity contribution in [2.24, 2.45) is 0 Å². The zero-order valence-corrected chi connectivity index (χ0v) is 11.5. The average Bonchev–Trinajstić information content (AvgIpc) is 2.85. The first-order chi connectivity index (χ1) is 9.97. The van der Waals surface area contributed by atoms with Crippen LogP contribution in [0.1, 0.15) is 24.1 Å². The highest BCUT2D eigenvalue weighted by molar-refractivity contribution is 5.94. The van der Waals surface area contributed by atoms with Gasteiger partial charge in [0.2, 0.25) is 0 Å². The van der Waals surface area contributed by atoms with Gasteiger partial charge in [0.05, 0.1) is 29.0 Å². The fourth-order valence-electron chi connectivity index (χ4n) is 2.65. The number of aromatic amines is 1. The molecule has 7 heteroatoms. The van der Waals surface area contributed by atoms with Crippen molar-refractivity contribution >= 4 is 23.0 Å². The predicted molar refractivity (Wildman–Crippen MR) is 75.6 cm³/mol. The Morgan fingerprint density at radius 1 is 1.33 bits per heavy atom. The number of allylic oxidation sites excluding steroid dienone is 1. The van der Waals surface area contributed by atoms with Crippen LogP contribution in [0.5, 0.6) is 0 Å². The molecule has 2 amide bonds. The number of nitrogens with one attached hydrogen (secondary N) is 3. The van der Waals surface area contributed by atoms with Crippen molar-refractivity contribution in [3.05, 3.63) is 40.9 Å². The number of hydrogen-bond acceptors (Lipinski definition) is 3. The molecule has 2 heterocycles. The molecule has 1 aromatic heterocycles. The number of aromatic nitrogens is 2. The van der Waals surface area contributed by atoms with Crippen LogP contribution >= 0.6 is 0 Å². The summed E-state index contributed by atoms with van der Waals surface area (Å²) < 4.78 is 0. The summed E-state index contributed by atoms with van der Waals surface area (Å²) in [5, 5.41) is 14.5. The number of amides is 2. The Balaban J connectivity index is 2.17. The Kier molecular flexibility index (Phi) is 2.90. The average molecular weight is 286 g/mol. The van der Waals surface area contributed by atoms with Crippen molar-refractivity contribution in [2.75, 3.05) is 0 Å². The molecule has 108 valence electrons. The van der Waals surface area contributed by atoms with Gasteiger partial charge in [-0.05, 0) is 31.0 Å². The topological polar surface area (TPSA) is 107 Å². The molecule has 4 N–H and O–H groups in total. The third kappa shape index (κ3) is 2.12. The monoisotopic (exact) mass is 286 g/mol. The number of imidazole rings is 1. The lowest BCUT2D eigenvalue weighted by molar-refractivity contribution is -0.133. The number of carboxylic acid groups (broad SMARTS) is 1. The molecular weight excluding hydrogens is 272 g/mol. The van der Waals surface area contributed by atoms with E-state index in [1.54, 1.807) is 13.3 Å². The minimum atomic E-state index is -1.06. The molecule has 1 aliphatic rings. The van der Waals surface area contributed by atoms with E-state index in [2.05, 4.69) is 20.6 Å². The molecule has 0 aliphatic carbocycles. The Labute approximate surface area is 120 Å². The summed E-state index contributed by atoms with van der Waals surface area (Å²) in [5.41, 5.74) is 3.73. The summed E-state index contributed by atoms with van der Waals surface area (Å²) in [6.07, 6.45) is 1.58. The van der Waals surface area contributed by atoms with E-state index in [1.165, 1.54) is 0 Å². The van der Waals surface area contributed by atoms with Gasteiger partial charge in [-0.1, -0.05) is 6.07 Å². The van der Waals surface area contributed by atoms with E-state index in [1.807, 2.05) is 19.1 Å². The standard InChI is InChI=1S/C14H14N4O3/c1-6-3-8(4-9-11(6)16-5-15-9)12-10(13(19)20)7(2)17-14(21)18-12/h3-5,12H,1-2H3,(H,15,16)(H,19,20)(H2,17,18,21). The number of H-pyrrole nitrogens is 1. The molecule has 1 aliphatic heterocycles. The molecule has 0 spiro atoms.